The summed E-state index contributed by atoms with van der Waals surface area (Å²) < 4.78 is 0. The molecule has 0 saturated heterocycles. The van der Waals surface area contributed by atoms with Crippen molar-refractivity contribution in [3.8, 4) is 5.75 Å². The van der Waals surface area contributed by atoms with Gasteiger partial charge in [-0.3, -0.25) is 9.59 Å². The van der Waals surface area contributed by atoms with Gasteiger partial charge in [0.05, 0.1) is 5.56 Å². The molecule has 0 aliphatic rings. The molecule has 0 spiro atoms. The fourth-order valence-electron chi connectivity index (χ4n) is 2.13. The Hall–Kier alpha value is -3.15. The first kappa shape index (κ1) is 16.2. The Morgan fingerprint density at radius 2 is 1.52 bits per heavy atom. The smallest absolute Gasteiger partial charge is 0.335 e. The van der Waals surface area contributed by atoms with Crippen molar-refractivity contribution in [2.45, 2.75) is 12.8 Å². The fourth-order valence-corrected chi connectivity index (χ4v) is 2.13. The first-order valence-corrected chi connectivity index (χ1v) is 6.80. The number of ketones is 1. The summed E-state index contributed by atoms with van der Waals surface area (Å²) in [5, 5.41) is 27.4. The van der Waals surface area contributed by atoms with Crippen LogP contribution >= 0.6 is 0 Å². The summed E-state index contributed by atoms with van der Waals surface area (Å²) >= 11 is 0. The van der Waals surface area contributed by atoms with Crippen LogP contribution in [0.2, 0.25) is 0 Å². The van der Waals surface area contributed by atoms with Crippen LogP contribution < -0.4 is 0 Å². The molecule has 23 heavy (non-hydrogen) atoms. The van der Waals surface area contributed by atoms with E-state index in [1.54, 1.807) is 0 Å². The van der Waals surface area contributed by atoms with Gasteiger partial charge in [0.15, 0.2) is 5.78 Å². The molecule has 0 unspecified atom stereocenters. The summed E-state index contributed by atoms with van der Waals surface area (Å²) in [5.74, 6) is -2.62. The second kappa shape index (κ2) is 6.74. The molecule has 2 rings (SSSR count). The van der Waals surface area contributed by atoms with Crippen LogP contribution in [0.15, 0.2) is 42.5 Å². The zero-order chi connectivity index (χ0) is 17.0. The number of aromatic carboxylic acids is 1. The zero-order valence-corrected chi connectivity index (χ0v) is 12.0. The third-order valence-corrected chi connectivity index (χ3v) is 3.32. The molecule has 0 aliphatic carbocycles. The zero-order valence-electron chi connectivity index (χ0n) is 12.0. The van der Waals surface area contributed by atoms with Crippen LogP contribution in [0.25, 0.3) is 0 Å². The van der Waals surface area contributed by atoms with E-state index < -0.39 is 17.7 Å². The highest BCUT2D eigenvalue weighted by atomic mass is 16.4. The highest BCUT2D eigenvalue weighted by Crippen LogP contribution is 2.22. The Morgan fingerprint density at radius 1 is 0.870 bits per heavy atom. The van der Waals surface area contributed by atoms with E-state index in [0.29, 0.717) is 5.56 Å². The lowest BCUT2D eigenvalue weighted by Crippen LogP contribution is -2.05. The fraction of sp³-hybridized carbons (Fsp3) is 0.118. The number of hydrogen-bond acceptors (Lipinski definition) is 4. The van der Waals surface area contributed by atoms with Gasteiger partial charge in [0.25, 0.3) is 0 Å². The van der Waals surface area contributed by atoms with Crippen LogP contribution in [0, 0.1) is 0 Å². The van der Waals surface area contributed by atoms with Crippen LogP contribution in [-0.4, -0.2) is 33.0 Å². The highest BCUT2D eigenvalue weighted by Gasteiger charge is 2.14. The Kier molecular flexibility index (Phi) is 4.75. The summed E-state index contributed by atoms with van der Waals surface area (Å²) in [5.41, 5.74) is 0.818. The van der Waals surface area contributed by atoms with E-state index in [2.05, 4.69) is 0 Å². The van der Waals surface area contributed by atoms with Crippen LogP contribution in [-0.2, 0) is 11.2 Å². The molecule has 0 heterocycles. The van der Waals surface area contributed by atoms with Gasteiger partial charge in [-0.1, -0.05) is 12.1 Å². The molecule has 0 bridgehead atoms. The number of phenolic OH excluding ortho intramolecular Hbond substituents is 1. The third kappa shape index (κ3) is 3.94. The predicted octanol–water partition coefficient (Wildman–Crippen LogP) is 2.34. The van der Waals surface area contributed by atoms with Gasteiger partial charge in [-0.15, -0.1) is 0 Å². The van der Waals surface area contributed by atoms with Crippen molar-refractivity contribution < 1.29 is 29.7 Å². The molecule has 2 aromatic carbocycles. The van der Waals surface area contributed by atoms with Crippen LogP contribution in [0.1, 0.15) is 38.3 Å². The van der Waals surface area contributed by atoms with Gasteiger partial charge in [-0.05, 0) is 42.3 Å². The van der Waals surface area contributed by atoms with Crippen molar-refractivity contribution in [2.75, 3.05) is 0 Å². The number of carboxylic acid groups (broad SMARTS) is 2. The number of rotatable bonds is 6. The number of carboxylic acids is 2. The first-order chi connectivity index (χ1) is 10.9. The summed E-state index contributed by atoms with van der Waals surface area (Å²) in [6, 6.07) is 9.79. The van der Waals surface area contributed by atoms with Crippen LogP contribution in [0.4, 0.5) is 0 Å². The highest BCUT2D eigenvalue weighted by molar-refractivity contribution is 6.10. The van der Waals surface area contributed by atoms with E-state index in [9.17, 15) is 19.5 Å². The van der Waals surface area contributed by atoms with Crippen molar-refractivity contribution in [3.05, 3.63) is 64.7 Å². The van der Waals surface area contributed by atoms with E-state index in [1.165, 1.54) is 42.5 Å². The average molecular weight is 314 g/mol. The number of phenols is 1. The standard InChI is InChI=1S/C17H14O6/c18-14-6-4-12(8-10(14)5-7-15(19)20)16(21)11-2-1-3-13(9-11)17(22)23/h1-4,6,8-9,18H,5,7H2,(H,19,20)(H,22,23). The predicted molar refractivity (Wildman–Crippen MR) is 80.9 cm³/mol. The quantitative estimate of drug-likeness (QED) is 0.706. The molecule has 6 heteroatoms. The van der Waals surface area contributed by atoms with Crippen molar-refractivity contribution in [3.63, 3.8) is 0 Å². The number of hydrogen-bond donors (Lipinski definition) is 3. The molecule has 0 aliphatic heterocycles. The molecule has 0 radical (unpaired) electrons. The minimum Gasteiger partial charge on any atom is -0.508 e. The number of carbonyl (C=O) groups excluding carboxylic acids is 1. The molecule has 118 valence electrons. The normalized spacial score (nSPS) is 10.3. The third-order valence-electron chi connectivity index (χ3n) is 3.32. The van der Waals surface area contributed by atoms with Gasteiger partial charge in [0.2, 0.25) is 0 Å². The lowest BCUT2D eigenvalue weighted by molar-refractivity contribution is -0.136. The number of carbonyl (C=O) groups is 3. The molecule has 0 saturated carbocycles. The molecule has 6 nitrogen and oxygen atoms in total. The summed E-state index contributed by atoms with van der Waals surface area (Å²) in [4.78, 5) is 34.0. The molecule has 0 fully saturated rings. The van der Waals surface area contributed by atoms with E-state index >= 15 is 0 Å². The van der Waals surface area contributed by atoms with Gasteiger partial charge in [-0.25, -0.2) is 4.79 Å². The van der Waals surface area contributed by atoms with E-state index in [1.807, 2.05) is 0 Å². The summed E-state index contributed by atoms with van der Waals surface area (Å²) in [6.07, 6.45) is -0.0723. The first-order valence-electron chi connectivity index (χ1n) is 6.80. The minimum absolute atomic E-state index is 0.000675. The van der Waals surface area contributed by atoms with E-state index in [-0.39, 0.29) is 35.3 Å². The maximum Gasteiger partial charge on any atom is 0.335 e. The molecule has 3 N–H and O–H groups in total. The Bertz CT molecular complexity index is 778. The SMILES string of the molecule is O=C(O)CCc1cc(C(=O)c2cccc(C(=O)O)c2)ccc1O. The molecular formula is C17H14O6. The van der Waals surface area contributed by atoms with E-state index in [0.717, 1.165) is 0 Å². The largest absolute Gasteiger partial charge is 0.508 e. The van der Waals surface area contributed by atoms with Crippen LogP contribution in [0.5, 0.6) is 5.75 Å². The van der Waals surface area contributed by atoms with Crippen molar-refractivity contribution in [2.24, 2.45) is 0 Å². The monoisotopic (exact) mass is 314 g/mol. The molecule has 0 amide bonds. The second-order valence-corrected chi connectivity index (χ2v) is 4.95. The maximum absolute atomic E-state index is 12.4. The lowest BCUT2D eigenvalue weighted by atomic mass is 9.98. The summed E-state index contributed by atoms with van der Waals surface area (Å²) in [6.45, 7) is 0. The summed E-state index contributed by atoms with van der Waals surface area (Å²) in [7, 11) is 0. The average Bonchev–Trinajstić information content (AvgIpc) is 2.53. The lowest BCUT2D eigenvalue weighted by Gasteiger charge is -2.07. The van der Waals surface area contributed by atoms with Gasteiger partial charge >= 0.3 is 11.9 Å². The Morgan fingerprint density at radius 3 is 2.17 bits per heavy atom. The second-order valence-electron chi connectivity index (χ2n) is 4.95. The van der Waals surface area contributed by atoms with Gasteiger partial charge in [0.1, 0.15) is 5.75 Å². The Labute approximate surface area is 131 Å². The Balaban J connectivity index is 2.32. The maximum atomic E-state index is 12.4. The van der Waals surface area contributed by atoms with Gasteiger partial charge < -0.3 is 15.3 Å². The molecular weight excluding hydrogens is 300 g/mol. The molecule has 0 atom stereocenters. The van der Waals surface area contributed by atoms with Gasteiger partial charge in [-0.2, -0.15) is 0 Å². The molecule has 2 aromatic rings. The minimum atomic E-state index is -1.13. The van der Waals surface area contributed by atoms with Crippen molar-refractivity contribution in [1.82, 2.24) is 0 Å². The van der Waals surface area contributed by atoms with E-state index in [4.69, 9.17) is 10.2 Å². The van der Waals surface area contributed by atoms with Crippen molar-refractivity contribution >= 4 is 17.7 Å². The van der Waals surface area contributed by atoms with Gasteiger partial charge in [0, 0.05) is 17.5 Å². The topological polar surface area (TPSA) is 112 Å². The number of aryl methyl sites for hydroxylation is 1. The van der Waals surface area contributed by atoms with Crippen molar-refractivity contribution in [1.29, 1.82) is 0 Å². The number of aromatic hydroxyl groups is 1. The van der Waals surface area contributed by atoms with Crippen LogP contribution in [0.3, 0.4) is 0 Å². The number of aliphatic carboxylic acids is 1. The molecule has 0 aromatic heterocycles. The number of benzene rings is 2.